The first-order valence-corrected chi connectivity index (χ1v) is 10.3. The lowest BCUT2D eigenvalue weighted by Crippen LogP contribution is -2.26. The molecule has 7 heteroatoms. The molecule has 1 saturated heterocycles. The van der Waals surface area contributed by atoms with Gasteiger partial charge in [-0.15, -0.1) is 0 Å². The van der Waals surface area contributed by atoms with Crippen molar-refractivity contribution in [3.63, 3.8) is 0 Å². The van der Waals surface area contributed by atoms with Gasteiger partial charge in [-0.05, 0) is 73.5 Å². The summed E-state index contributed by atoms with van der Waals surface area (Å²) in [5.74, 6) is 1.29. The molecule has 4 heterocycles. The van der Waals surface area contributed by atoms with Crippen LogP contribution in [0.15, 0.2) is 48.9 Å². The Hall–Kier alpha value is -3.45. The molecule has 2 aromatic heterocycles. The molecule has 152 valence electrons. The van der Waals surface area contributed by atoms with Crippen molar-refractivity contribution in [2.75, 3.05) is 18.4 Å². The van der Waals surface area contributed by atoms with E-state index in [9.17, 15) is 4.79 Å². The smallest absolute Gasteiger partial charge is 0.146 e. The van der Waals surface area contributed by atoms with Gasteiger partial charge in [-0.3, -0.25) is 5.10 Å². The largest absolute Gasteiger partial charge is 0.378 e. The van der Waals surface area contributed by atoms with E-state index >= 15 is 0 Å². The Morgan fingerprint density at radius 1 is 1.13 bits per heavy atom. The maximum absolute atomic E-state index is 11.7. The summed E-state index contributed by atoms with van der Waals surface area (Å²) in [5.41, 5.74) is 5.84. The fourth-order valence-electron chi connectivity index (χ4n) is 4.24. The van der Waals surface area contributed by atoms with E-state index < -0.39 is 6.04 Å². The first-order chi connectivity index (χ1) is 14.8. The highest BCUT2D eigenvalue weighted by atomic mass is 16.1. The van der Waals surface area contributed by atoms with E-state index in [1.807, 2.05) is 18.3 Å². The van der Waals surface area contributed by atoms with Crippen LogP contribution < -0.4 is 16.0 Å². The summed E-state index contributed by atoms with van der Waals surface area (Å²) in [6, 6.07) is 10.1. The van der Waals surface area contributed by atoms with Crippen LogP contribution in [0.1, 0.15) is 41.5 Å². The normalized spacial score (nSPS) is 18.5. The highest BCUT2D eigenvalue weighted by molar-refractivity contribution is 5.79. The van der Waals surface area contributed by atoms with Crippen molar-refractivity contribution in [1.29, 1.82) is 0 Å². The lowest BCUT2D eigenvalue weighted by atomic mass is 9.90. The third kappa shape index (κ3) is 3.59. The van der Waals surface area contributed by atoms with Crippen molar-refractivity contribution >= 4 is 23.9 Å². The molecule has 0 saturated carbocycles. The number of piperidine rings is 1. The number of pyridine rings is 1. The van der Waals surface area contributed by atoms with E-state index in [2.05, 4.69) is 50.4 Å². The molecule has 1 atom stereocenters. The minimum Gasteiger partial charge on any atom is -0.378 e. The maximum atomic E-state index is 11.7. The van der Waals surface area contributed by atoms with Crippen molar-refractivity contribution in [2.24, 2.45) is 0 Å². The zero-order valence-corrected chi connectivity index (χ0v) is 16.6. The first-order valence-electron chi connectivity index (χ1n) is 10.3. The third-order valence-corrected chi connectivity index (χ3v) is 5.85. The Bertz CT molecular complexity index is 1050. The van der Waals surface area contributed by atoms with Gasteiger partial charge in [-0.1, -0.05) is 12.1 Å². The minimum atomic E-state index is -0.438. The summed E-state index contributed by atoms with van der Waals surface area (Å²) >= 11 is 0. The molecule has 1 fully saturated rings. The molecular formula is C23H24N6O. The number of aldehydes is 1. The predicted molar refractivity (Wildman–Crippen MR) is 117 cm³/mol. The summed E-state index contributed by atoms with van der Waals surface area (Å²) in [6.45, 7) is 2.16. The molecule has 1 aromatic carbocycles. The number of aromatic amines is 1. The highest BCUT2D eigenvalue weighted by Crippen LogP contribution is 2.34. The van der Waals surface area contributed by atoms with Crippen LogP contribution in [-0.4, -0.2) is 34.6 Å². The topological polar surface area (TPSA) is 94.7 Å². The lowest BCUT2D eigenvalue weighted by molar-refractivity contribution is -0.109. The van der Waals surface area contributed by atoms with Gasteiger partial charge in [-0.2, -0.15) is 5.10 Å². The quantitative estimate of drug-likeness (QED) is 0.490. The van der Waals surface area contributed by atoms with E-state index in [4.69, 9.17) is 4.98 Å². The zero-order valence-electron chi connectivity index (χ0n) is 16.6. The monoisotopic (exact) mass is 400 g/mol. The van der Waals surface area contributed by atoms with Gasteiger partial charge >= 0.3 is 0 Å². The average Bonchev–Trinajstić information content (AvgIpc) is 3.35. The molecule has 1 unspecified atom stereocenters. The van der Waals surface area contributed by atoms with Crippen molar-refractivity contribution in [3.8, 4) is 11.3 Å². The van der Waals surface area contributed by atoms with Crippen molar-refractivity contribution < 1.29 is 4.79 Å². The van der Waals surface area contributed by atoms with Gasteiger partial charge in [0.1, 0.15) is 18.1 Å². The standard InChI is InChI=1S/C23H24N6O/c30-14-21-22-17(7-10-25-21)11-20(18-12-26-27-13-18)29-23(22)28-19-3-1-15(2-4-19)16-5-8-24-9-6-16/h1-4,7,10-14,16,21,24-25H,5-6,8-9H2,(H,26,27)(H,28,29). The molecule has 0 bridgehead atoms. The number of nitrogens with zero attached hydrogens (tertiary/aromatic N) is 2. The van der Waals surface area contributed by atoms with Gasteiger partial charge in [0.15, 0.2) is 0 Å². The number of anilines is 2. The van der Waals surface area contributed by atoms with Gasteiger partial charge in [0.25, 0.3) is 0 Å². The first kappa shape index (κ1) is 18.6. The Morgan fingerprint density at radius 2 is 1.97 bits per heavy atom. The fourth-order valence-corrected chi connectivity index (χ4v) is 4.24. The van der Waals surface area contributed by atoms with Gasteiger partial charge in [0, 0.05) is 23.0 Å². The molecule has 0 radical (unpaired) electrons. The molecule has 3 aromatic rings. The Balaban J connectivity index is 1.49. The minimum absolute atomic E-state index is 0.438. The molecule has 0 amide bonds. The molecule has 0 spiro atoms. The zero-order chi connectivity index (χ0) is 20.3. The molecule has 2 aliphatic heterocycles. The highest BCUT2D eigenvalue weighted by Gasteiger charge is 2.23. The number of benzene rings is 1. The Kier molecular flexibility index (Phi) is 5.03. The lowest BCUT2D eigenvalue weighted by Gasteiger charge is -2.24. The second-order valence-corrected chi connectivity index (χ2v) is 7.73. The van der Waals surface area contributed by atoms with Crippen LogP contribution in [0.25, 0.3) is 17.3 Å². The number of nitrogens with one attached hydrogen (secondary N) is 4. The average molecular weight is 400 g/mol. The van der Waals surface area contributed by atoms with Crippen molar-refractivity contribution in [2.45, 2.75) is 24.8 Å². The van der Waals surface area contributed by atoms with E-state index in [1.54, 1.807) is 12.4 Å². The molecule has 5 rings (SSSR count). The van der Waals surface area contributed by atoms with E-state index in [0.717, 1.165) is 47.4 Å². The van der Waals surface area contributed by atoms with Gasteiger partial charge in [0.05, 0.1) is 11.9 Å². The molecule has 30 heavy (non-hydrogen) atoms. The number of fused-ring (bicyclic) bond motifs is 1. The van der Waals surface area contributed by atoms with Gasteiger partial charge in [-0.25, -0.2) is 4.98 Å². The van der Waals surface area contributed by atoms with E-state index in [1.165, 1.54) is 18.4 Å². The van der Waals surface area contributed by atoms with Crippen LogP contribution in [0.5, 0.6) is 0 Å². The molecule has 2 aliphatic rings. The summed E-state index contributed by atoms with van der Waals surface area (Å²) < 4.78 is 0. The number of H-pyrrole nitrogens is 1. The van der Waals surface area contributed by atoms with Gasteiger partial charge in [0.2, 0.25) is 0 Å². The Labute approximate surface area is 175 Å². The molecule has 0 aliphatic carbocycles. The van der Waals surface area contributed by atoms with Crippen LogP contribution >= 0.6 is 0 Å². The van der Waals surface area contributed by atoms with Crippen LogP contribution in [-0.2, 0) is 4.79 Å². The summed E-state index contributed by atoms with van der Waals surface area (Å²) in [7, 11) is 0. The SMILES string of the molecule is O=CC1NC=Cc2cc(-c3cn[nH]c3)nc(Nc3ccc(C4CCNCC4)cc3)c21. The summed E-state index contributed by atoms with van der Waals surface area (Å²) in [5, 5.41) is 16.8. The van der Waals surface area contributed by atoms with Crippen LogP contribution in [0, 0.1) is 0 Å². The summed E-state index contributed by atoms with van der Waals surface area (Å²) in [4.78, 5) is 16.5. The van der Waals surface area contributed by atoms with E-state index in [-0.39, 0.29) is 0 Å². The number of aromatic nitrogens is 3. The van der Waals surface area contributed by atoms with Crippen LogP contribution in [0.4, 0.5) is 11.5 Å². The second kappa shape index (κ2) is 8.12. The fraction of sp³-hybridized carbons (Fsp3) is 0.261. The number of carbonyl (C=O) groups is 1. The predicted octanol–water partition coefficient (Wildman–Crippen LogP) is 3.50. The third-order valence-electron chi connectivity index (χ3n) is 5.85. The summed E-state index contributed by atoms with van der Waals surface area (Å²) in [6.07, 6.45) is 10.6. The molecule has 4 N–H and O–H groups in total. The van der Waals surface area contributed by atoms with Crippen molar-refractivity contribution in [3.05, 3.63) is 65.6 Å². The van der Waals surface area contributed by atoms with Crippen molar-refractivity contribution in [1.82, 2.24) is 25.8 Å². The molecule has 7 nitrogen and oxygen atoms in total. The number of hydrogen-bond acceptors (Lipinski definition) is 6. The second-order valence-electron chi connectivity index (χ2n) is 7.73. The number of rotatable bonds is 5. The van der Waals surface area contributed by atoms with Gasteiger partial charge < -0.3 is 20.7 Å². The van der Waals surface area contributed by atoms with Crippen LogP contribution in [0.2, 0.25) is 0 Å². The number of hydrogen-bond donors (Lipinski definition) is 4. The van der Waals surface area contributed by atoms with E-state index in [0.29, 0.717) is 11.7 Å². The molecular weight excluding hydrogens is 376 g/mol. The number of carbonyl (C=O) groups excluding carboxylic acids is 1. The Morgan fingerprint density at radius 3 is 2.70 bits per heavy atom. The van der Waals surface area contributed by atoms with Crippen LogP contribution in [0.3, 0.4) is 0 Å². The maximum Gasteiger partial charge on any atom is 0.146 e.